The third-order valence-electron chi connectivity index (χ3n) is 3.91. The Morgan fingerprint density at radius 1 is 1.44 bits per heavy atom. The summed E-state index contributed by atoms with van der Waals surface area (Å²) in [6.45, 7) is -0.324. The van der Waals surface area contributed by atoms with Crippen molar-refractivity contribution < 1.29 is 19.0 Å². The molecule has 0 fully saturated rings. The van der Waals surface area contributed by atoms with Gasteiger partial charge in [-0.25, -0.2) is 4.98 Å². The third-order valence-corrected chi connectivity index (χ3v) is 3.91. The van der Waals surface area contributed by atoms with Crippen LogP contribution in [0.3, 0.4) is 0 Å². The molecule has 10 nitrogen and oxygen atoms in total. The Labute approximate surface area is 153 Å². The van der Waals surface area contributed by atoms with E-state index in [1.54, 1.807) is 18.2 Å². The van der Waals surface area contributed by atoms with Gasteiger partial charge in [-0.05, 0) is 17.7 Å². The number of nitrogens with one attached hydrogen (secondary N) is 1. The van der Waals surface area contributed by atoms with Gasteiger partial charge in [0.2, 0.25) is 11.8 Å². The molecule has 1 amide bonds. The van der Waals surface area contributed by atoms with Gasteiger partial charge in [-0.3, -0.25) is 9.59 Å². The van der Waals surface area contributed by atoms with Crippen molar-refractivity contribution in [2.45, 2.75) is 5.92 Å². The topological polar surface area (TPSA) is 166 Å². The van der Waals surface area contributed by atoms with Crippen molar-refractivity contribution in [1.29, 1.82) is 5.26 Å². The lowest BCUT2D eigenvalue weighted by molar-refractivity contribution is -0.119. The van der Waals surface area contributed by atoms with Crippen molar-refractivity contribution in [1.82, 2.24) is 9.97 Å². The average Bonchev–Trinajstić information content (AvgIpc) is 2.65. The molecule has 138 valence electrons. The first-order valence-electron chi connectivity index (χ1n) is 7.70. The number of carbonyl (C=O) groups is 1. The van der Waals surface area contributed by atoms with Crippen LogP contribution in [0.1, 0.15) is 17.0 Å². The minimum atomic E-state index is -0.810. The summed E-state index contributed by atoms with van der Waals surface area (Å²) in [6, 6.07) is 6.72. The highest BCUT2D eigenvalue weighted by Gasteiger charge is 2.34. The van der Waals surface area contributed by atoms with Crippen molar-refractivity contribution in [3.63, 3.8) is 0 Å². The fraction of sp³-hybridized carbons (Fsp3) is 0.176. The number of nitriles is 1. The lowest BCUT2D eigenvalue weighted by Gasteiger charge is -2.24. The Hall–Kier alpha value is -4.00. The Morgan fingerprint density at radius 2 is 2.22 bits per heavy atom. The minimum absolute atomic E-state index is 0.0215. The Bertz CT molecular complexity index is 1040. The van der Waals surface area contributed by atoms with Crippen molar-refractivity contribution in [2.24, 2.45) is 11.5 Å². The molecular formula is C17H15N5O5. The van der Waals surface area contributed by atoms with Gasteiger partial charge in [-0.15, -0.1) is 0 Å². The number of rotatable bonds is 5. The van der Waals surface area contributed by atoms with Gasteiger partial charge in [0.1, 0.15) is 11.6 Å². The number of aromatic nitrogens is 2. The zero-order valence-corrected chi connectivity index (χ0v) is 14.2. The molecule has 1 aromatic heterocycles. The molecule has 0 aliphatic carbocycles. The summed E-state index contributed by atoms with van der Waals surface area (Å²) in [7, 11) is 1.41. The van der Waals surface area contributed by atoms with Gasteiger partial charge in [0.15, 0.2) is 18.1 Å². The highest BCUT2D eigenvalue weighted by molar-refractivity contribution is 5.75. The molecule has 0 saturated carbocycles. The summed E-state index contributed by atoms with van der Waals surface area (Å²) in [5, 5.41) is 9.53. The molecule has 2 heterocycles. The fourth-order valence-electron chi connectivity index (χ4n) is 2.76. The van der Waals surface area contributed by atoms with E-state index in [4.69, 9.17) is 25.7 Å². The predicted molar refractivity (Wildman–Crippen MR) is 91.8 cm³/mol. The van der Waals surface area contributed by atoms with Gasteiger partial charge in [0, 0.05) is 0 Å². The van der Waals surface area contributed by atoms with Crippen LogP contribution >= 0.6 is 0 Å². The molecule has 0 spiro atoms. The highest BCUT2D eigenvalue weighted by Crippen LogP contribution is 2.41. The monoisotopic (exact) mass is 369 g/mol. The fourth-order valence-corrected chi connectivity index (χ4v) is 2.76. The summed E-state index contributed by atoms with van der Waals surface area (Å²) in [4.78, 5) is 29.7. The Balaban J connectivity index is 2.13. The Kier molecular flexibility index (Phi) is 4.68. The van der Waals surface area contributed by atoms with Crippen LogP contribution in [0.5, 0.6) is 17.4 Å². The zero-order chi connectivity index (χ0) is 19.6. The van der Waals surface area contributed by atoms with E-state index in [9.17, 15) is 14.9 Å². The van der Waals surface area contributed by atoms with E-state index in [-0.39, 0.29) is 41.0 Å². The number of benzene rings is 1. The molecule has 2 aromatic rings. The normalized spacial score (nSPS) is 15.3. The van der Waals surface area contributed by atoms with Gasteiger partial charge >= 0.3 is 0 Å². The summed E-state index contributed by atoms with van der Waals surface area (Å²) < 4.78 is 15.9. The van der Waals surface area contributed by atoms with Crippen LogP contribution in [0.15, 0.2) is 40.8 Å². The number of methoxy groups -OCH3 is 1. The number of nitrogens with zero attached hydrogens (tertiary/aromatic N) is 2. The van der Waals surface area contributed by atoms with Crippen LogP contribution < -0.4 is 31.2 Å². The first-order valence-corrected chi connectivity index (χ1v) is 7.70. The first-order chi connectivity index (χ1) is 13.0. The number of hydrogen-bond donors (Lipinski definition) is 3. The first kappa shape index (κ1) is 17.8. The number of H-pyrrole nitrogens is 1. The number of nitrogens with two attached hydrogens (primary N) is 2. The average molecular weight is 369 g/mol. The maximum Gasteiger partial charge on any atom is 0.258 e. The second kappa shape index (κ2) is 7.09. The third kappa shape index (κ3) is 3.25. The van der Waals surface area contributed by atoms with E-state index in [1.165, 1.54) is 13.4 Å². The highest BCUT2D eigenvalue weighted by atomic mass is 16.5. The van der Waals surface area contributed by atoms with E-state index in [0.29, 0.717) is 5.56 Å². The van der Waals surface area contributed by atoms with Gasteiger partial charge < -0.3 is 30.7 Å². The molecule has 3 rings (SSSR count). The number of amides is 1. The maximum absolute atomic E-state index is 12.4. The number of ether oxygens (including phenoxy) is 3. The lowest BCUT2D eigenvalue weighted by atomic mass is 9.85. The number of carbonyl (C=O) groups excluding carboxylic acids is 1. The van der Waals surface area contributed by atoms with Crippen molar-refractivity contribution in [2.75, 3.05) is 13.7 Å². The lowest BCUT2D eigenvalue weighted by Crippen LogP contribution is -2.28. The second-order valence-electron chi connectivity index (χ2n) is 5.54. The molecule has 1 unspecified atom stereocenters. The van der Waals surface area contributed by atoms with Crippen LogP contribution in [0.2, 0.25) is 0 Å². The van der Waals surface area contributed by atoms with Gasteiger partial charge in [0.05, 0.1) is 24.9 Å². The van der Waals surface area contributed by atoms with Crippen LogP contribution in [0.4, 0.5) is 0 Å². The van der Waals surface area contributed by atoms with E-state index in [0.717, 1.165) is 0 Å². The molecule has 0 radical (unpaired) electrons. The molecule has 27 heavy (non-hydrogen) atoms. The number of allylic oxidation sites excluding steroid dienone is 1. The predicted octanol–water partition coefficient (Wildman–Crippen LogP) is -0.139. The number of aromatic amines is 1. The summed E-state index contributed by atoms with van der Waals surface area (Å²) in [5.41, 5.74) is 11.2. The maximum atomic E-state index is 12.4. The quantitative estimate of drug-likeness (QED) is 0.654. The zero-order valence-electron chi connectivity index (χ0n) is 14.2. The van der Waals surface area contributed by atoms with Crippen molar-refractivity contribution >= 4 is 5.91 Å². The van der Waals surface area contributed by atoms with Crippen LogP contribution in [-0.4, -0.2) is 29.6 Å². The molecule has 1 atom stereocenters. The number of primary amides is 1. The van der Waals surface area contributed by atoms with E-state index >= 15 is 0 Å². The minimum Gasteiger partial charge on any atom is -0.493 e. The van der Waals surface area contributed by atoms with E-state index in [1.807, 2.05) is 6.07 Å². The molecular weight excluding hydrogens is 354 g/mol. The molecule has 5 N–H and O–H groups in total. The van der Waals surface area contributed by atoms with Crippen LogP contribution in [-0.2, 0) is 4.79 Å². The Morgan fingerprint density at radius 3 is 2.89 bits per heavy atom. The molecule has 1 aliphatic heterocycles. The summed E-state index contributed by atoms with van der Waals surface area (Å²) >= 11 is 0. The van der Waals surface area contributed by atoms with Gasteiger partial charge in [-0.1, -0.05) is 6.07 Å². The summed E-state index contributed by atoms with van der Waals surface area (Å²) in [5.74, 6) is -0.995. The van der Waals surface area contributed by atoms with Crippen molar-refractivity contribution in [3.05, 3.63) is 57.5 Å². The molecule has 0 bridgehead atoms. The smallest absolute Gasteiger partial charge is 0.258 e. The van der Waals surface area contributed by atoms with Crippen molar-refractivity contribution in [3.8, 4) is 23.4 Å². The molecule has 1 aromatic carbocycles. The number of hydrogen-bond acceptors (Lipinski definition) is 8. The molecule has 1 aliphatic rings. The largest absolute Gasteiger partial charge is 0.493 e. The van der Waals surface area contributed by atoms with Gasteiger partial charge in [0.25, 0.3) is 11.5 Å². The SMILES string of the molecule is COc1cc(C2C(C#N)=C(N)Oc3nc[nH]c(=O)c32)ccc1OCC(N)=O. The molecule has 10 heteroatoms. The van der Waals surface area contributed by atoms with E-state index < -0.39 is 17.4 Å². The van der Waals surface area contributed by atoms with Crippen LogP contribution in [0.25, 0.3) is 0 Å². The number of fused-ring (bicyclic) bond motifs is 1. The summed E-state index contributed by atoms with van der Waals surface area (Å²) in [6.07, 6.45) is 1.18. The van der Waals surface area contributed by atoms with Gasteiger partial charge in [-0.2, -0.15) is 5.26 Å². The van der Waals surface area contributed by atoms with E-state index in [2.05, 4.69) is 9.97 Å². The molecule has 0 saturated heterocycles. The second-order valence-corrected chi connectivity index (χ2v) is 5.54. The standard InChI is InChI=1S/C17H15N5O5/c1-25-11-4-8(2-3-10(11)26-6-12(19)23)13-9(5-18)15(20)27-17-14(13)16(24)21-7-22-17/h2-4,7,13H,6,20H2,1H3,(H2,19,23)(H,21,22,24). The van der Waals surface area contributed by atoms with Crippen LogP contribution in [0, 0.1) is 11.3 Å².